The van der Waals surface area contributed by atoms with E-state index in [1.807, 2.05) is 6.92 Å². The maximum atomic E-state index is 11.5. The minimum atomic E-state index is -4.08. The van der Waals surface area contributed by atoms with Gasteiger partial charge in [0, 0.05) is 0 Å². The molecule has 0 aliphatic rings. The maximum absolute atomic E-state index is 11.5. The minimum absolute atomic E-state index is 0.170. The van der Waals surface area contributed by atoms with Crippen LogP contribution in [0.4, 0.5) is 13.2 Å². The molecule has 0 bridgehead atoms. The summed E-state index contributed by atoms with van der Waals surface area (Å²) in [7, 11) is 0. The topological polar surface area (TPSA) is 0 Å². The Morgan fingerprint density at radius 3 is 2.18 bits per heavy atom. The molecule has 0 aliphatic carbocycles. The Kier molecular flexibility index (Phi) is 5.34. The highest BCUT2D eigenvalue weighted by molar-refractivity contribution is 4.73. The first-order valence-electron chi connectivity index (χ1n) is 3.97. The summed E-state index contributed by atoms with van der Waals surface area (Å²) in [5, 5.41) is 0. The third-order valence-corrected chi connectivity index (χ3v) is 1.43. The number of unbranched alkanes of at least 4 members (excludes halogenated alkanes) is 4. The second-order valence-corrected chi connectivity index (χ2v) is 2.60. The molecule has 0 aromatic heterocycles. The molecule has 1 radical (unpaired) electrons. The maximum Gasteiger partial charge on any atom is 0.392 e. The van der Waals surface area contributed by atoms with Crippen molar-refractivity contribution in [2.24, 2.45) is 0 Å². The van der Waals surface area contributed by atoms with Crippen molar-refractivity contribution in [3.05, 3.63) is 6.42 Å². The monoisotopic (exact) mass is 167 g/mol. The molecule has 0 nitrogen and oxygen atoms in total. The van der Waals surface area contributed by atoms with Gasteiger partial charge in [-0.15, -0.1) is 0 Å². The average Bonchev–Trinajstić information content (AvgIpc) is 1.85. The van der Waals surface area contributed by atoms with Gasteiger partial charge in [-0.1, -0.05) is 32.6 Å². The second kappa shape index (κ2) is 5.44. The molecule has 0 unspecified atom stereocenters. The molecule has 0 spiro atoms. The largest absolute Gasteiger partial charge is 0.392 e. The van der Waals surface area contributed by atoms with Crippen LogP contribution in [0.5, 0.6) is 0 Å². The fourth-order valence-corrected chi connectivity index (χ4v) is 0.837. The first-order valence-corrected chi connectivity index (χ1v) is 3.97. The zero-order valence-corrected chi connectivity index (χ0v) is 6.75. The number of halogens is 3. The molecule has 0 N–H and O–H groups in total. The number of alkyl halides is 3. The van der Waals surface area contributed by atoms with E-state index in [1.54, 1.807) is 0 Å². The van der Waals surface area contributed by atoms with Crippen molar-refractivity contribution in [3.8, 4) is 0 Å². The first-order chi connectivity index (χ1) is 5.06. The van der Waals surface area contributed by atoms with Crippen LogP contribution in [0.1, 0.15) is 39.0 Å². The highest BCUT2D eigenvalue weighted by Crippen LogP contribution is 2.21. The van der Waals surface area contributed by atoms with Crippen LogP contribution in [-0.4, -0.2) is 6.18 Å². The lowest BCUT2D eigenvalue weighted by Gasteiger charge is -2.03. The minimum Gasteiger partial charge on any atom is -0.171 e. The zero-order chi connectivity index (χ0) is 8.74. The van der Waals surface area contributed by atoms with Crippen molar-refractivity contribution in [2.45, 2.75) is 45.2 Å². The molecule has 11 heavy (non-hydrogen) atoms. The predicted molar refractivity (Wildman–Crippen MR) is 39.1 cm³/mol. The van der Waals surface area contributed by atoms with Crippen LogP contribution in [-0.2, 0) is 0 Å². The van der Waals surface area contributed by atoms with Crippen molar-refractivity contribution >= 4 is 0 Å². The molecule has 0 rings (SSSR count). The van der Waals surface area contributed by atoms with E-state index < -0.39 is 6.18 Å². The molecule has 3 heteroatoms. The van der Waals surface area contributed by atoms with E-state index in [0.29, 0.717) is 12.8 Å². The predicted octanol–water partition coefficient (Wildman–Crippen LogP) is 3.72. The van der Waals surface area contributed by atoms with Gasteiger partial charge in [0.05, 0.1) is 6.42 Å². The van der Waals surface area contributed by atoms with Crippen molar-refractivity contribution < 1.29 is 13.2 Å². The highest BCUT2D eigenvalue weighted by atomic mass is 19.4. The summed E-state index contributed by atoms with van der Waals surface area (Å²) in [5.41, 5.74) is 0. The van der Waals surface area contributed by atoms with Crippen molar-refractivity contribution in [1.29, 1.82) is 0 Å². The van der Waals surface area contributed by atoms with Crippen molar-refractivity contribution in [3.63, 3.8) is 0 Å². The fourth-order valence-electron chi connectivity index (χ4n) is 0.837. The van der Waals surface area contributed by atoms with Crippen LogP contribution >= 0.6 is 0 Å². The van der Waals surface area contributed by atoms with E-state index in [4.69, 9.17) is 0 Å². The smallest absolute Gasteiger partial charge is 0.171 e. The molecule has 0 amide bonds. The van der Waals surface area contributed by atoms with E-state index in [0.717, 1.165) is 19.3 Å². The lowest BCUT2D eigenvalue weighted by Crippen LogP contribution is -2.07. The lowest BCUT2D eigenvalue weighted by atomic mass is 10.1. The van der Waals surface area contributed by atoms with E-state index in [-0.39, 0.29) is 6.42 Å². The van der Waals surface area contributed by atoms with E-state index >= 15 is 0 Å². The van der Waals surface area contributed by atoms with Gasteiger partial charge in [-0.05, 0) is 6.42 Å². The standard InChI is InChI=1S/C8H14F3/c1-2-3-4-5-6-7-8(9,10)11/h7H,2-6H2,1H3. The van der Waals surface area contributed by atoms with E-state index in [1.165, 1.54) is 0 Å². The molecule has 0 saturated heterocycles. The summed E-state index contributed by atoms with van der Waals surface area (Å²) in [6.07, 6.45) is 0.187. The van der Waals surface area contributed by atoms with Gasteiger partial charge in [0.1, 0.15) is 0 Å². The van der Waals surface area contributed by atoms with Gasteiger partial charge in [0.25, 0.3) is 0 Å². The van der Waals surface area contributed by atoms with Crippen LogP contribution in [0.25, 0.3) is 0 Å². The Bertz CT molecular complexity index is 85.8. The van der Waals surface area contributed by atoms with Gasteiger partial charge in [-0.2, -0.15) is 13.2 Å². The van der Waals surface area contributed by atoms with E-state index in [9.17, 15) is 13.2 Å². The van der Waals surface area contributed by atoms with Gasteiger partial charge in [-0.3, -0.25) is 0 Å². The SMILES string of the molecule is CCCCCC[CH]C(F)(F)F. The summed E-state index contributed by atoms with van der Waals surface area (Å²) < 4.78 is 34.5. The lowest BCUT2D eigenvalue weighted by molar-refractivity contribution is -0.0984. The summed E-state index contributed by atoms with van der Waals surface area (Å²) >= 11 is 0. The molecule has 0 saturated carbocycles. The average molecular weight is 167 g/mol. The molecule has 0 aromatic carbocycles. The van der Waals surface area contributed by atoms with Gasteiger partial charge < -0.3 is 0 Å². The normalized spacial score (nSPS) is 12.0. The Morgan fingerprint density at radius 2 is 1.73 bits per heavy atom. The fraction of sp³-hybridized carbons (Fsp3) is 0.875. The molecule has 0 fully saturated rings. The Hall–Kier alpha value is -0.210. The van der Waals surface area contributed by atoms with E-state index in [2.05, 4.69) is 0 Å². The molecular formula is C8H14F3. The van der Waals surface area contributed by atoms with Gasteiger partial charge in [-0.25, -0.2) is 0 Å². The quantitative estimate of drug-likeness (QED) is 0.547. The van der Waals surface area contributed by atoms with Gasteiger partial charge in [0.15, 0.2) is 0 Å². The van der Waals surface area contributed by atoms with Crippen LogP contribution in [0, 0.1) is 6.42 Å². The highest BCUT2D eigenvalue weighted by Gasteiger charge is 2.26. The number of hydrogen-bond donors (Lipinski definition) is 0. The molecule has 0 aliphatic heterocycles. The second-order valence-electron chi connectivity index (χ2n) is 2.60. The zero-order valence-electron chi connectivity index (χ0n) is 6.75. The third kappa shape index (κ3) is 9.79. The Labute approximate surface area is 65.8 Å². The third-order valence-electron chi connectivity index (χ3n) is 1.43. The summed E-state index contributed by atoms with van der Waals surface area (Å²) in [4.78, 5) is 0. The van der Waals surface area contributed by atoms with Crippen LogP contribution < -0.4 is 0 Å². The summed E-state index contributed by atoms with van der Waals surface area (Å²) in [5.74, 6) is 0. The Morgan fingerprint density at radius 1 is 1.09 bits per heavy atom. The Balaban J connectivity index is 3.02. The van der Waals surface area contributed by atoms with Gasteiger partial charge >= 0.3 is 6.18 Å². The van der Waals surface area contributed by atoms with Crippen LogP contribution in [0.15, 0.2) is 0 Å². The molecule has 0 aromatic rings. The van der Waals surface area contributed by atoms with Crippen molar-refractivity contribution in [2.75, 3.05) is 0 Å². The summed E-state index contributed by atoms with van der Waals surface area (Å²) in [6, 6.07) is 0. The van der Waals surface area contributed by atoms with Crippen LogP contribution in [0.2, 0.25) is 0 Å². The van der Waals surface area contributed by atoms with Crippen molar-refractivity contribution in [1.82, 2.24) is 0 Å². The number of rotatable bonds is 5. The molecular weight excluding hydrogens is 153 g/mol. The molecule has 0 heterocycles. The molecule has 67 valence electrons. The first kappa shape index (κ1) is 10.8. The summed E-state index contributed by atoms with van der Waals surface area (Å²) in [6.45, 7) is 2.04. The molecule has 0 atom stereocenters. The number of hydrogen-bond acceptors (Lipinski definition) is 0. The van der Waals surface area contributed by atoms with Gasteiger partial charge in [0.2, 0.25) is 0 Å². The van der Waals surface area contributed by atoms with Crippen LogP contribution in [0.3, 0.4) is 0 Å².